The molecule has 84 valence electrons. The highest BCUT2D eigenvalue weighted by atomic mass is 35.5. The zero-order chi connectivity index (χ0) is 10.8. The molecule has 0 saturated carbocycles. The van der Waals surface area contributed by atoms with Crippen LogP contribution in [0, 0.1) is 0 Å². The Bertz CT molecular complexity index is 322. The molecule has 1 aliphatic heterocycles. The monoisotopic (exact) mass is 246 g/mol. The number of hydrogen-bond acceptors (Lipinski definition) is 5. The Morgan fingerprint density at radius 3 is 2.60 bits per heavy atom. The van der Waals surface area contributed by atoms with Gasteiger partial charge in [-0.15, -0.1) is 0 Å². The zero-order valence-electron chi connectivity index (χ0n) is 8.98. The third-order valence-corrected chi connectivity index (χ3v) is 3.88. The normalized spacial score (nSPS) is 19.4. The Kier molecular flexibility index (Phi) is 3.43. The van der Waals surface area contributed by atoms with Gasteiger partial charge in [0, 0.05) is 13.1 Å². The highest BCUT2D eigenvalue weighted by molar-refractivity contribution is 6.99. The lowest BCUT2D eigenvalue weighted by Crippen LogP contribution is -2.42. The lowest BCUT2D eigenvalue weighted by Gasteiger charge is -2.35. The predicted octanol–water partition coefficient (Wildman–Crippen LogP) is 1.72. The lowest BCUT2D eigenvalue weighted by molar-refractivity contribution is 0.252. The average Bonchev–Trinajstić information content (AvgIpc) is 2.65. The minimum Gasteiger partial charge on any atom is -0.353 e. The van der Waals surface area contributed by atoms with E-state index in [-0.39, 0.29) is 0 Å². The molecule has 0 amide bonds. The van der Waals surface area contributed by atoms with Crippen LogP contribution in [-0.2, 0) is 0 Å². The van der Waals surface area contributed by atoms with Gasteiger partial charge in [-0.25, -0.2) is 0 Å². The SMILES string of the molecule is CN1CCC(N(C)c2nsnc2Cl)CC1. The first-order valence-corrected chi connectivity index (χ1v) is 6.18. The minimum absolute atomic E-state index is 0.529. The molecule has 0 aliphatic carbocycles. The number of nitrogens with zero attached hydrogens (tertiary/aromatic N) is 4. The molecule has 4 nitrogen and oxygen atoms in total. The van der Waals surface area contributed by atoms with Crippen LogP contribution >= 0.6 is 23.3 Å². The van der Waals surface area contributed by atoms with Crippen LogP contribution in [0.1, 0.15) is 12.8 Å². The molecule has 2 heterocycles. The van der Waals surface area contributed by atoms with Gasteiger partial charge in [0.25, 0.3) is 0 Å². The summed E-state index contributed by atoms with van der Waals surface area (Å²) in [5.74, 6) is 0.830. The molecule has 0 atom stereocenters. The summed E-state index contributed by atoms with van der Waals surface area (Å²) in [7, 11) is 4.21. The molecule has 6 heteroatoms. The molecule has 0 N–H and O–H groups in total. The molecule has 15 heavy (non-hydrogen) atoms. The molecule has 0 bridgehead atoms. The molecule has 1 aromatic rings. The Morgan fingerprint density at radius 2 is 2.07 bits per heavy atom. The Morgan fingerprint density at radius 1 is 1.40 bits per heavy atom. The average molecular weight is 247 g/mol. The van der Waals surface area contributed by atoms with Crippen LogP contribution in [0.4, 0.5) is 5.82 Å². The van der Waals surface area contributed by atoms with Crippen LogP contribution in [0.15, 0.2) is 0 Å². The van der Waals surface area contributed by atoms with E-state index < -0.39 is 0 Å². The van der Waals surface area contributed by atoms with Crippen LogP contribution in [0.3, 0.4) is 0 Å². The molecule has 0 radical (unpaired) electrons. The fraction of sp³-hybridized carbons (Fsp3) is 0.778. The number of aromatic nitrogens is 2. The van der Waals surface area contributed by atoms with E-state index in [4.69, 9.17) is 11.6 Å². The molecule has 0 spiro atoms. The highest BCUT2D eigenvalue weighted by Gasteiger charge is 2.23. The smallest absolute Gasteiger partial charge is 0.187 e. The molecule has 1 fully saturated rings. The van der Waals surface area contributed by atoms with Gasteiger partial charge in [0.15, 0.2) is 11.0 Å². The van der Waals surface area contributed by atoms with E-state index in [9.17, 15) is 0 Å². The number of halogens is 1. The molecule has 2 rings (SSSR count). The third kappa shape index (κ3) is 2.41. The molecular formula is C9H15ClN4S. The highest BCUT2D eigenvalue weighted by Crippen LogP contribution is 2.26. The second-order valence-electron chi connectivity index (χ2n) is 4.02. The van der Waals surface area contributed by atoms with E-state index in [1.165, 1.54) is 24.6 Å². The van der Waals surface area contributed by atoms with Crippen molar-refractivity contribution in [2.75, 3.05) is 32.1 Å². The first-order chi connectivity index (χ1) is 7.18. The summed E-state index contributed by atoms with van der Waals surface area (Å²) in [6.45, 7) is 2.29. The van der Waals surface area contributed by atoms with Crippen molar-refractivity contribution in [1.82, 2.24) is 13.6 Å². The van der Waals surface area contributed by atoms with Crippen molar-refractivity contribution >= 4 is 29.1 Å². The van der Waals surface area contributed by atoms with Crippen LogP contribution in [0.5, 0.6) is 0 Å². The minimum atomic E-state index is 0.529. The summed E-state index contributed by atoms with van der Waals surface area (Å²) in [6, 6.07) is 0.544. The maximum Gasteiger partial charge on any atom is 0.187 e. The Hall–Kier alpha value is -0.390. The Labute approximate surface area is 99.2 Å². The number of anilines is 1. The Balaban J connectivity index is 2.02. The number of hydrogen-bond donors (Lipinski definition) is 0. The summed E-state index contributed by atoms with van der Waals surface area (Å²) in [4.78, 5) is 4.52. The fourth-order valence-corrected chi connectivity index (χ4v) is 2.74. The van der Waals surface area contributed by atoms with Gasteiger partial charge in [-0.1, -0.05) is 11.6 Å². The second-order valence-corrected chi connectivity index (χ2v) is 4.91. The van der Waals surface area contributed by atoms with Gasteiger partial charge >= 0.3 is 0 Å². The summed E-state index contributed by atoms with van der Waals surface area (Å²) in [6.07, 6.45) is 2.34. The molecule has 1 aromatic heterocycles. The van der Waals surface area contributed by atoms with Crippen molar-refractivity contribution in [3.63, 3.8) is 0 Å². The van der Waals surface area contributed by atoms with Gasteiger partial charge in [-0.05, 0) is 33.0 Å². The largest absolute Gasteiger partial charge is 0.353 e. The van der Waals surface area contributed by atoms with E-state index in [2.05, 4.69) is 32.6 Å². The predicted molar refractivity (Wildman–Crippen MR) is 63.8 cm³/mol. The van der Waals surface area contributed by atoms with E-state index in [0.29, 0.717) is 11.2 Å². The molecule has 1 aliphatic rings. The van der Waals surface area contributed by atoms with Gasteiger partial charge in [-0.2, -0.15) is 8.75 Å². The van der Waals surface area contributed by atoms with Crippen molar-refractivity contribution in [2.45, 2.75) is 18.9 Å². The third-order valence-electron chi connectivity index (χ3n) is 3.00. The van der Waals surface area contributed by atoms with Crippen molar-refractivity contribution in [3.05, 3.63) is 5.15 Å². The van der Waals surface area contributed by atoms with Crippen molar-refractivity contribution in [1.29, 1.82) is 0 Å². The van der Waals surface area contributed by atoms with Gasteiger partial charge < -0.3 is 9.80 Å². The van der Waals surface area contributed by atoms with Gasteiger partial charge in [0.2, 0.25) is 0 Å². The second kappa shape index (κ2) is 4.63. The topological polar surface area (TPSA) is 32.3 Å². The number of likely N-dealkylation sites (tertiary alicyclic amines) is 1. The van der Waals surface area contributed by atoms with Gasteiger partial charge in [-0.3, -0.25) is 0 Å². The zero-order valence-corrected chi connectivity index (χ0v) is 10.6. The molecule has 0 aromatic carbocycles. The lowest BCUT2D eigenvalue weighted by atomic mass is 10.0. The standard InChI is InChI=1S/C9H15ClN4S/c1-13-5-3-7(4-6-13)14(2)9-8(10)11-15-12-9/h7H,3-6H2,1-2H3. The molecular weight excluding hydrogens is 232 g/mol. The maximum atomic E-state index is 5.97. The maximum absolute atomic E-state index is 5.97. The summed E-state index contributed by atoms with van der Waals surface area (Å²) >= 11 is 7.14. The van der Waals surface area contributed by atoms with Gasteiger partial charge in [0.05, 0.1) is 11.7 Å². The van der Waals surface area contributed by atoms with Crippen molar-refractivity contribution < 1.29 is 0 Å². The summed E-state index contributed by atoms with van der Waals surface area (Å²) < 4.78 is 8.21. The molecule has 1 saturated heterocycles. The fourth-order valence-electron chi connectivity index (χ4n) is 1.94. The van der Waals surface area contributed by atoms with Gasteiger partial charge in [0.1, 0.15) is 0 Å². The molecule has 0 unspecified atom stereocenters. The van der Waals surface area contributed by atoms with Crippen LogP contribution in [0.25, 0.3) is 0 Å². The van der Waals surface area contributed by atoms with E-state index in [1.54, 1.807) is 0 Å². The number of piperidine rings is 1. The van der Waals surface area contributed by atoms with E-state index in [1.807, 2.05) is 0 Å². The first kappa shape index (κ1) is 11.1. The number of rotatable bonds is 2. The summed E-state index contributed by atoms with van der Waals surface area (Å²) in [5, 5.41) is 0.529. The van der Waals surface area contributed by atoms with Crippen LogP contribution in [-0.4, -0.2) is 46.9 Å². The van der Waals surface area contributed by atoms with Crippen molar-refractivity contribution in [2.24, 2.45) is 0 Å². The first-order valence-electron chi connectivity index (χ1n) is 5.08. The quantitative estimate of drug-likeness (QED) is 0.796. The van der Waals surface area contributed by atoms with E-state index >= 15 is 0 Å². The van der Waals surface area contributed by atoms with Crippen LogP contribution < -0.4 is 4.90 Å². The summed E-state index contributed by atoms with van der Waals surface area (Å²) in [5.41, 5.74) is 0. The van der Waals surface area contributed by atoms with Crippen LogP contribution in [0.2, 0.25) is 5.15 Å². The van der Waals surface area contributed by atoms with Crippen molar-refractivity contribution in [3.8, 4) is 0 Å². The van der Waals surface area contributed by atoms with E-state index in [0.717, 1.165) is 18.9 Å².